The van der Waals surface area contributed by atoms with Crippen LogP contribution in [-0.2, 0) is 14.3 Å². The fourth-order valence-corrected chi connectivity index (χ4v) is 2.63. The van der Waals surface area contributed by atoms with Crippen LogP contribution in [0.5, 0.6) is 11.5 Å². The van der Waals surface area contributed by atoms with Crippen LogP contribution in [-0.4, -0.2) is 32.7 Å². The number of amides is 1. The minimum Gasteiger partial charge on any atom is -0.493 e. The summed E-state index contributed by atoms with van der Waals surface area (Å²) in [7, 11) is 2.96. The van der Waals surface area contributed by atoms with Crippen molar-refractivity contribution in [3.63, 3.8) is 0 Å². The summed E-state index contributed by atoms with van der Waals surface area (Å²) in [6, 6.07) is 9.90. The molecule has 0 spiro atoms. The maximum absolute atomic E-state index is 11.8. The molecule has 0 aliphatic rings. The fraction of sp³-hybridized carbons (Fsp3) is 0.158. The molecule has 0 aliphatic heterocycles. The van der Waals surface area contributed by atoms with Gasteiger partial charge in [-0.3, -0.25) is 4.79 Å². The van der Waals surface area contributed by atoms with Gasteiger partial charge in [-0.15, -0.1) is 0 Å². The van der Waals surface area contributed by atoms with Gasteiger partial charge in [-0.25, -0.2) is 4.79 Å². The average molecular weight is 410 g/mol. The third-order valence-corrected chi connectivity index (χ3v) is 3.84. The highest BCUT2D eigenvalue weighted by molar-refractivity contribution is 6.32. The Kier molecular flexibility index (Phi) is 7.52. The third-order valence-electron chi connectivity index (χ3n) is 3.32. The SMILES string of the molecule is COc1cc(/C=C/C(=O)OCC(=O)Nc2cccc(Cl)c2)cc(Cl)c1OC. The number of halogens is 2. The van der Waals surface area contributed by atoms with Crippen molar-refractivity contribution < 1.29 is 23.8 Å². The highest BCUT2D eigenvalue weighted by Gasteiger charge is 2.10. The Morgan fingerprint density at radius 1 is 1.11 bits per heavy atom. The third kappa shape index (κ3) is 6.20. The van der Waals surface area contributed by atoms with Gasteiger partial charge in [-0.2, -0.15) is 0 Å². The lowest BCUT2D eigenvalue weighted by atomic mass is 10.2. The second kappa shape index (κ2) is 9.85. The van der Waals surface area contributed by atoms with Gasteiger partial charge in [-0.05, 0) is 42.0 Å². The van der Waals surface area contributed by atoms with E-state index in [9.17, 15) is 9.59 Å². The molecule has 1 N–H and O–H groups in total. The molecule has 0 saturated carbocycles. The lowest BCUT2D eigenvalue weighted by Gasteiger charge is -2.10. The molecular formula is C19H17Cl2NO5. The maximum atomic E-state index is 11.8. The van der Waals surface area contributed by atoms with Crippen LogP contribution in [0.2, 0.25) is 10.0 Å². The highest BCUT2D eigenvalue weighted by Crippen LogP contribution is 2.36. The largest absolute Gasteiger partial charge is 0.493 e. The van der Waals surface area contributed by atoms with E-state index in [-0.39, 0.29) is 0 Å². The summed E-state index contributed by atoms with van der Waals surface area (Å²) in [5.41, 5.74) is 1.12. The second-order valence-electron chi connectivity index (χ2n) is 5.24. The van der Waals surface area contributed by atoms with Gasteiger partial charge in [0.1, 0.15) is 0 Å². The number of benzene rings is 2. The first kappa shape index (κ1) is 20.6. The minimum absolute atomic E-state index is 0.339. The minimum atomic E-state index is -0.679. The number of hydrogen-bond donors (Lipinski definition) is 1. The Morgan fingerprint density at radius 3 is 2.56 bits per heavy atom. The number of anilines is 1. The first-order chi connectivity index (χ1) is 12.9. The quantitative estimate of drug-likeness (QED) is 0.547. The van der Waals surface area contributed by atoms with Crippen molar-refractivity contribution in [2.75, 3.05) is 26.1 Å². The summed E-state index contributed by atoms with van der Waals surface area (Å²) in [5.74, 6) is -0.328. The van der Waals surface area contributed by atoms with Gasteiger partial charge >= 0.3 is 5.97 Å². The zero-order valence-electron chi connectivity index (χ0n) is 14.6. The summed E-state index contributed by atoms with van der Waals surface area (Å²) in [6.45, 7) is -0.428. The van der Waals surface area contributed by atoms with E-state index in [1.165, 1.54) is 26.4 Å². The fourth-order valence-electron chi connectivity index (χ4n) is 2.15. The molecule has 0 fully saturated rings. The topological polar surface area (TPSA) is 73.9 Å². The molecule has 2 rings (SSSR count). The van der Waals surface area contributed by atoms with Crippen LogP contribution in [0.4, 0.5) is 5.69 Å². The summed E-state index contributed by atoms with van der Waals surface area (Å²) in [5, 5.41) is 3.40. The smallest absolute Gasteiger partial charge is 0.331 e. The molecule has 8 heteroatoms. The zero-order chi connectivity index (χ0) is 19.8. The number of methoxy groups -OCH3 is 2. The van der Waals surface area contributed by atoms with Gasteiger partial charge in [0.2, 0.25) is 0 Å². The molecule has 0 saturated heterocycles. The van der Waals surface area contributed by atoms with Crippen LogP contribution >= 0.6 is 23.2 Å². The van der Waals surface area contributed by atoms with E-state index in [1.807, 2.05) is 0 Å². The normalized spacial score (nSPS) is 10.5. The van der Waals surface area contributed by atoms with Crippen LogP contribution < -0.4 is 14.8 Å². The van der Waals surface area contributed by atoms with Crippen molar-refractivity contribution in [3.05, 3.63) is 58.1 Å². The standard InChI is InChI=1S/C19H17Cl2NO5/c1-25-16-9-12(8-15(21)19(16)26-2)6-7-18(24)27-11-17(23)22-14-5-3-4-13(20)10-14/h3-10H,11H2,1-2H3,(H,22,23)/b7-6+. The van der Waals surface area contributed by atoms with Gasteiger partial charge < -0.3 is 19.5 Å². The molecule has 0 heterocycles. The molecular weight excluding hydrogens is 393 g/mol. The van der Waals surface area contributed by atoms with Crippen LogP contribution in [0.1, 0.15) is 5.56 Å². The average Bonchev–Trinajstić information content (AvgIpc) is 2.64. The molecule has 2 aromatic rings. The van der Waals surface area contributed by atoms with Crippen LogP contribution in [0.3, 0.4) is 0 Å². The maximum Gasteiger partial charge on any atom is 0.331 e. The van der Waals surface area contributed by atoms with Gasteiger partial charge in [0.25, 0.3) is 5.91 Å². The van der Waals surface area contributed by atoms with E-state index in [4.69, 9.17) is 37.4 Å². The molecule has 0 aromatic heterocycles. The monoisotopic (exact) mass is 409 g/mol. The number of ether oxygens (including phenoxy) is 3. The molecule has 6 nitrogen and oxygen atoms in total. The molecule has 0 bridgehead atoms. The van der Waals surface area contributed by atoms with E-state index < -0.39 is 18.5 Å². The number of esters is 1. The van der Waals surface area contributed by atoms with Crippen molar-refractivity contribution in [1.29, 1.82) is 0 Å². The predicted molar refractivity (Wildman–Crippen MR) is 105 cm³/mol. The number of rotatable bonds is 7. The Balaban J connectivity index is 1.91. The van der Waals surface area contributed by atoms with Crippen LogP contribution in [0.15, 0.2) is 42.5 Å². The van der Waals surface area contributed by atoms with Gasteiger partial charge in [0.05, 0.1) is 19.2 Å². The Morgan fingerprint density at radius 2 is 1.89 bits per heavy atom. The molecule has 142 valence electrons. The van der Waals surface area contributed by atoms with Crippen molar-refractivity contribution in [1.82, 2.24) is 0 Å². The molecule has 0 atom stereocenters. The molecule has 27 heavy (non-hydrogen) atoms. The van der Waals surface area contributed by atoms with Crippen molar-refractivity contribution in [2.24, 2.45) is 0 Å². The summed E-state index contributed by atoms with van der Waals surface area (Å²) in [4.78, 5) is 23.6. The number of hydrogen-bond acceptors (Lipinski definition) is 5. The summed E-state index contributed by atoms with van der Waals surface area (Å²) >= 11 is 11.9. The van der Waals surface area contributed by atoms with Crippen molar-refractivity contribution >= 4 is 46.8 Å². The Labute approximate surface area is 166 Å². The second-order valence-corrected chi connectivity index (χ2v) is 6.08. The predicted octanol–water partition coefficient (Wildman–Crippen LogP) is 4.21. The first-order valence-corrected chi connectivity index (χ1v) is 8.50. The molecule has 0 aliphatic carbocycles. The summed E-state index contributed by atoms with van der Waals surface area (Å²) < 4.78 is 15.2. The van der Waals surface area contributed by atoms with Gasteiger partial charge in [-0.1, -0.05) is 29.3 Å². The van der Waals surface area contributed by atoms with E-state index in [0.29, 0.717) is 32.8 Å². The number of nitrogens with one attached hydrogen (secondary N) is 1. The van der Waals surface area contributed by atoms with E-state index in [0.717, 1.165) is 0 Å². The molecule has 1 amide bonds. The Bertz CT molecular complexity index is 867. The van der Waals surface area contributed by atoms with E-state index in [2.05, 4.69) is 5.32 Å². The molecule has 0 radical (unpaired) electrons. The number of carbonyl (C=O) groups excluding carboxylic acids is 2. The lowest BCUT2D eigenvalue weighted by Crippen LogP contribution is -2.20. The zero-order valence-corrected chi connectivity index (χ0v) is 16.1. The lowest BCUT2D eigenvalue weighted by molar-refractivity contribution is -0.142. The highest BCUT2D eigenvalue weighted by atomic mass is 35.5. The number of carbonyl (C=O) groups is 2. The van der Waals surface area contributed by atoms with Crippen LogP contribution in [0, 0.1) is 0 Å². The van der Waals surface area contributed by atoms with Crippen molar-refractivity contribution in [2.45, 2.75) is 0 Å². The van der Waals surface area contributed by atoms with Gasteiger partial charge in [0, 0.05) is 16.8 Å². The van der Waals surface area contributed by atoms with Gasteiger partial charge in [0.15, 0.2) is 18.1 Å². The summed E-state index contributed by atoms with van der Waals surface area (Å²) in [6.07, 6.45) is 2.68. The van der Waals surface area contributed by atoms with E-state index in [1.54, 1.807) is 36.4 Å². The molecule has 2 aromatic carbocycles. The first-order valence-electron chi connectivity index (χ1n) is 7.74. The Hall–Kier alpha value is -2.70. The van der Waals surface area contributed by atoms with Crippen molar-refractivity contribution in [3.8, 4) is 11.5 Å². The van der Waals surface area contributed by atoms with E-state index >= 15 is 0 Å². The van der Waals surface area contributed by atoms with Crippen LogP contribution in [0.25, 0.3) is 6.08 Å². The molecule has 0 unspecified atom stereocenters.